The summed E-state index contributed by atoms with van der Waals surface area (Å²) in [5.74, 6) is 1.78. The molecule has 0 N–H and O–H groups in total. The first-order valence-corrected chi connectivity index (χ1v) is 8.44. The van der Waals surface area contributed by atoms with Gasteiger partial charge in [0.1, 0.15) is 0 Å². The lowest BCUT2D eigenvalue weighted by molar-refractivity contribution is 0.0625. The van der Waals surface area contributed by atoms with Crippen LogP contribution < -0.4 is 0 Å². The standard InChI is InChI=1S/C15H20N4O2S/c1-11(2)14-16-13(17-21-14)9-18-4-6-19(7-5-18)15(20)12-3-8-22-10-12/h3,8,10-11H,4-7,9H2,1-2H3. The minimum Gasteiger partial charge on any atom is -0.339 e. The minimum atomic E-state index is 0.127. The zero-order chi connectivity index (χ0) is 15.5. The lowest BCUT2D eigenvalue weighted by Gasteiger charge is -2.33. The van der Waals surface area contributed by atoms with Gasteiger partial charge in [-0.05, 0) is 11.4 Å². The van der Waals surface area contributed by atoms with Gasteiger partial charge in [-0.15, -0.1) is 0 Å². The summed E-state index contributed by atoms with van der Waals surface area (Å²) in [5.41, 5.74) is 0.790. The van der Waals surface area contributed by atoms with Crippen LogP contribution in [0.25, 0.3) is 0 Å². The average Bonchev–Trinajstić information content (AvgIpc) is 3.19. The molecule has 118 valence electrons. The number of rotatable bonds is 4. The predicted molar refractivity (Wildman–Crippen MR) is 83.9 cm³/mol. The van der Waals surface area contributed by atoms with E-state index < -0.39 is 0 Å². The van der Waals surface area contributed by atoms with Gasteiger partial charge >= 0.3 is 0 Å². The van der Waals surface area contributed by atoms with Crippen LogP contribution in [0.2, 0.25) is 0 Å². The lowest BCUT2D eigenvalue weighted by atomic mass is 10.2. The van der Waals surface area contributed by atoms with Crippen molar-refractivity contribution in [2.24, 2.45) is 0 Å². The molecule has 6 nitrogen and oxygen atoms in total. The predicted octanol–water partition coefficient (Wildman–Crippen LogP) is 2.21. The van der Waals surface area contributed by atoms with E-state index in [4.69, 9.17) is 4.52 Å². The Labute approximate surface area is 133 Å². The SMILES string of the molecule is CC(C)c1nc(CN2CCN(C(=O)c3ccsc3)CC2)no1. The summed E-state index contributed by atoms with van der Waals surface area (Å²) in [5, 5.41) is 7.86. The van der Waals surface area contributed by atoms with Crippen LogP contribution in [-0.2, 0) is 6.54 Å². The van der Waals surface area contributed by atoms with E-state index >= 15 is 0 Å². The summed E-state index contributed by atoms with van der Waals surface area (Å²) in [4.78, 5) is 20.8. The Balaban J connectivity index is 1.52. The number of piperazine rings is 1. The molecule has 0 spiro atoms. The van der Waals surface area contributed by atoms with Crippen molar-refractivity contribution in [3.8, 4) is 0 Å². The summed E-state index contributed by atoms with van der Waals surface area (Å²) in [6, 6.07) is 1.88. The second kappa shape index (κ2) is 6.58. The Morgan fingerprint density at radius 1 is 1.36 bits per heavy atom. The fourth-order valence-electron chi connectivity index (χ4n) is 2.44. The maximum atomic E-state index is 12.3. The van der Waals surface area contributed by atoms with Crippen LogP contribution in [0.3, 0.4) is 0 Å². The van der Waals surface area contributed by atoms with E-state index in [0.717, 1.165) is 37.6 Å². The summed E-state index contributed by atoms with van der Waals surface area (Å²) in [7, 11) is 0. The first-order valence-electron chi connectivity index (χ1n) is 7.50. The van der Waals surface area contributed by atoms with E-state index in [1.165, 1.54) is 0 Å². The van der Waals surface area contributed by atoms with E-state index in [1.807, 2.05) is 35.6 Å². The van der Waals surface area contributed by atoms with Gasteiger partial charge < -0.3 is 9.42 Å². The first kappa shape index (κ1) is 15.2. The number of thiophene rings is 1. The molecule has 2 aromatic heterocycles. The van der Waals surface area contributed by atoms with Crippen molar-refractivity contribution in [3.05, 3.63) is 34.1 Å². The van der Waals surface area contributed by atoms with Gasteiger partial charge in [0.15, 0.2) is 5.82 Å². The van der Waals surface area contributed by atoms with Gasteiger partial charge in [-0.1, -0.05) is 19.0 Å². The fourth-order valence-corrected chi connectivity index (χ4v) is 3.07. The molecule has 22 heavy (non-hydrogen) atoms. The van der Waals surface area contributed by atoms with Crippen molar-refractivity contribution in [1.29, 1.82) is 0 Å². The second-order valence-electron chi connectivity index (χ2n) is 5.78. The summed E-state index contributed by atoms with van der Waals surface area (Å²) in [6.45, 7) is 7.89. The molecule has 1 aliphatic heterocycles. The van der Waals surface area contributed by atoms with Crippen LogP contribution in [0, 0.1) is 0 Å². The summed E-state index contributed by atoms with van der Waals surface area (Å²) < 4.78 is 5.22. The van der Waals surface area contributed by atoms with Gasteiger partial charge in [0.25, 0.3) is 5.91 Å². The lowest BCUT2D eigenvalue weighted by Crippen LogP contribution is -2.48. The molecule has 0 aliphatic carbocycles. The fraction of sp³-hybridized carbons (Fsp3) is 0.533. The van der Waals surface area contributed by atoms with Gasteiger partial charge in [-0.3, -0.25) is 9.69 Å². The molecular weight excluding hydrogens is 300 g/mol. The van der Waals surface area contributed by atoms with Crippen molar-refractivity contribution in [2.75, 3.05) is 26.2 Å². The van der Waals surface area contributed by atoms with E-state index in [2.05, 4.69) is 15.0 Å². The number of hydrogen-bond acceptors (Lipinski definition) is 6. The Hall–Kier alpha value is -1.73. The molecule has 3 heterocycles. The van der Waals surface area contributed by atoms with Crippen LogP contribution in [0.4, 0.5) is 0 Å². The van der Waals surface area contributed by atoms with Gasteiger partial charge in [0.05, 0.1) is 12.1 Å². The molecule has 1 amide bonds. The highest BCUT2D eigenvalue weighted by Gasteiger charge is 2.23. The van der Waals surface area contributed by atoms with E-state index in [-0.39, 0.29) is 11.8 Å². The highest BCUT2D eigenvalue weighted by Crippen LogP contribution is 2.14. The van der Waals surface area contributed by atoms with Crippen molar-refractivity contribution in [1.82, 2.24) is 19.9 Å². The van der Waals surface area contributed by atoms with Crippen LogP contribution >= 0.6 is 11.3 Å². The molecule has 1 fully saturated rings. The maximum absolute atomic E-state index is 12.3. The molecule has 0 bridgehead atoms. The maximum Gasteiger partial charge on any atom is 0.254 e. The number of carbonyl (C=O) groups is 1. The normalized spacial score (nSPS) is 16.4. The number of aromatic nitrogens is 2. The number of amides is 1. The zero-order valence-electron chi connectivity index (χ0n) is 12.9. The molecule has 0 unspecified atom stereocenters. The van der Waals surface area contributed by atoms with Crippen LogP contribution in [0.15, 0.2) is 21.3 Å². The van der Waals surface area contributed by atoms with Crippen LogP contribution in [0.5, 0.6) is 0 Å². The van der Waals surface area contributed by atoms with Gasteiger partial charge in [0, 0.05) is 37.5 Å². The third-order valence-electron chi connectivity index (χ3n) is 3.77. The van der Waals surface area contributed by atoms with E-state index in [1.54, 1.807) is 11.3 Å². The Bertz CT molecular complexity index is 615. The molecule has 0 atom stereocenters. The highest BCUT2D eigenvalue weighted by atomic mass is 32.1. The molecule has 7 heteroatoms. The first-order chi connectivity index (χ1) is 10.6. The van der Waals surface area contributed by atoms with Crippen molar-refractivity contribution in [3.63, 3.8) is 0 Å². The van der Waals surface area contributed by atoms with Crippen molar-refractivity contribution >= 4 is 17.2 Å². The van der Waals surface area contributed by atoms with Gasteiger partial charge in [0.2, 0.25) is 5.89 Å². The monoisotopic (exact) mass is 320 g/mol. The van der Waals surface area contributed by atoms with Crippen molar-refractivity contribution in [2.45, 2.75) is 26.3 Å². The Morgan fingerprint density at radius 2 is 2.14 bits per heavy atom. The summed E-state index contributed by atoms with van der Waals surface area (Å²) in [6.07, 6.45) is 0. The molecule has 1 aliphatic rings. The zero-order valence-corrected chi connectivity index (χ0v) is 13.7. The molecular formula is C15H20N4O2S. The number of nitrogens with zero attached hydrogens (tertiary/aromatic N) is 4. The molecule has 3 rings (SSSR count). The molecule has 0 saturated carbocycles. The van der Waals surface area contributed by atoms with E-state index in [0.29, 0.717) is 12.4 Å². The molecule has 0 aromatic carbocycles. The average molecular weight is 320 g/mol. The van der Waals surface area contributed by atoms with Gasteiger partial charge in [-0.2, -0.15) is 16.3 Å². The largest absolute Gasteiger partial charge is 0.339 e. The smallest absolute Gasteiger partial charge is 0.254 e. The quantitative estimate of drug-likeness (QED) is 0.864. The Morgan fingerprint density at radius 3 is 2.73 bits per heavy atom. The van der Waals surface area contributed by atoms with Gasteiger partial charge in [-0.25, -0.2) is 0 Å². The topological polar surface area (TPSA) is 62.5 Å². The number of carbonyl (C=O) groups excluding carboxylic acids is 1. The summed E-state index contributed by atoms with van der Waals surface area (Å²) >= 11 is 1.55. The van der Waals surface area contributed by atoms with Crippen LogP contribution in [0.1, 0.15) is 41.8 Å². The molecule has 2 aromatic rings. The second-order valence-corrected chi connectivity index (χ2v) is 6.56. The molecule has 1 saturated heterocycles. The third-order valence-corrected chi connectivity index (χ3v) is 4.45. The molecule has 0 radical (unpaired) electrons. The number of hydrogen-bond donors (Lipinski definition) is 0. The van der Waals surface area contributed by atoms with E-state index in [9.17, 15) is 4.79 Å². The Kier molecular flexibility index (Phi) is 4.54. The van der Waals surface area contributed by atoms with Crippen LogP contribution in [-0.4, -0.2) is 52.0 Å². The third kappa shape index (κ3) is 3.36. The highest BCUT2D eigenvalue weighted by molar-refractivity contribution is 7.08. The van der Waals surface area contributed by atoms with Crippen molar-refractivity contribution < 1.29 is 9.32 Å². The minimum absolute atomic E-state index is 0.127.